The second kappa shape index (κ2) is 8.25. The molecular weight excluding hydrogens is 318 g/mol. The van der Waals surface area contributed by atoms with E-state index in [-0.39, 0.29) is 6.04 Å². The first-order chi connectivity index (χ1) is 11.3. The van der Waals surface area contributed by atoms with Crippen molar-refractivity contribution in [2.24, 2.45) is 0 Å². The highest BCUT2D eigenvalue weighted by atomic mass is 32.2. The largest absolute Gasteiger partial charge is 0.444 e. The van der Waals surface area contributed by atoms with E-state index in [0.717, 1.165) is 11.3 Å². The number of alkyl carbamates (subject to hydrolysis) is 1. The van der Waals surface area contributed by atoms with Gasteiger partial charge in [0.2, 0.25) is 0 Å². The van der Waals surface area contributed by atoms with Gasteiger partial charge >= 0.3 is 6.09 Å². The van der Waals surface area contributed by atoms with E-state index in [0.29, 0.717) is 0 Å². The number of nitrogens with one attached hydrogen (secondary N) is 1. The maximum atomic E-state index is 11.8. The molecule has 0 aliphatic heterocycles. The van der Waals surface area contributed by atoms with Crippen LogP contribution in [0.25, 0.3) is 0 Å². The van der Waals surface area contributed by atoms with Gasteiger partial charge in [-0.15, -0.1) is 11.8 Å². The lowest BCUT2D eigenvalue weighted by Gasteiger charge is -2.22. The number of hydrogen-bond donors (Lipinski definition) is 1. The van der Waals surface area contributed by atoms with Crippen LogP contribution >= 0.6 is 11.8 Å². The van der Waals surface area contributed by atoms with Gasteiger partial charge in [-0.25, -0.2) is 4.79 Å². The Bertz CT molecular complexity index is 648. The zero-order chi connectivity index (χ0) is 17.6. The van der Waals surface area contributed by atoms with Gasteiger partial charge < -0.3 is 10.1 Å². The van der Waals surface area contributed by atoms with Crippen LogP contribution in [0.3, 0.4) is 0 Å². The number of carbonyl (C=O) groups excluding carboxylic acids is 1. The minimum atomic E-state index is -0.484. The van der Waals surface area contributed by atoms with Crippen LogP contribution in [0.2, 0.25) is 0 Å². The van der Waals surface area contributed by atoms with E-state index in [9.17, 15) is 4.79 Å². The van der Waals surface area contributed by atoms with E-state index in [4.69, 9.17) is 4.74 Å². The Hall–Kier alpha value is -1.94. The molecule has 0 bridgehead atoms. The Morgan fingerprint density at radius 3 is 2.29 bits per heavy atom. The standard InChI is InChI=1S/C20H25NO2S/c1-15(21-19(22)23-20(2,3)4)17-10-12-18(13-11-17)24-14-16-8-6-5-7-9-16/h5-13,15H,14H2,1-4H3,(H,21,22)/t15-/m1/s1. The fraction of sp³-hybridized carbons (Fsp3) is 0.350. The number of hydrogen-bond acceptors (Lipinski definition) is 3. The van der Waals surface area contributed by atoms with Gasteiger partial charge in [-0.05, 0) is 51.0 Å². The van der Waals surface area contributed by atoms with Crippen molar-refractivity contribution in [3.8, 4) is 0 Å². The molecular formula is C20H25NO2S. The lowest BCUT2D eigenvalue weighted by molar-refractivity contribution is 0.0508. The van der Waals surface area contributed by atoms with E-state index < -0.39 is 11.7 Å². The first kappa shape index (κ1) is 18.4. The van der Waals surface area contributed by atoms with Crippen LogP contribution < -0.4 is 5.32 Å². The molecule has 0 aromatic heterocycles. The SMILES string of the molecule is C[C@@H](NC(=O)OC(C)(C)C)c1ccc(SCc2ccccc2)cc1. The molecule has 0 fully saturated rings. The number of amides is 1. The molecule has 0 unspecified atom stereocenters. The van der Waals surface area contributed by atoms with Crippen molar-refractivity contribution >= 4 is 17.9 Å². The highest BCUT2D eigenvalue weighted by Crippen LogP contribution is 2.24. The monoisotopic (exact) mass is 343 g/mol. The van der Waals surface area contributed by atoms with Gasteiger partial charge in [0, 0.05) is 10.6 Å². The molecule has 4 heteroatoms. The predicted molar refractivity (Wildman–Crippen MR) is 100 cm³/mol. The summed E-state index contributed by atoms with van der Waals surface area (Å²) in [6.07, 6.45) is -0.391. The van der Waals surface area contributed by atoms with E-state index in [1.165, 1.54) is 10.5 Å². The summed E-state index contributed by atoms with van der Waals surface area (Å²) >= 11 is 1.80. The van der Waals surface area contributed by atoms with Crippen molar-refractivity contribution < 1.29 is 9.53 Å². The summed E-state index contributed by atoms with van der Waals surface area (Å²) in [6.45, 7) is 7.53. The predicted octanol–water partition coefficient (Wildman–Crippen LogP) is 5.56. The van der Waals surface area contributed by atoms with Gasteiger partial charge in [-0.2, -0.15) is 0 Å². The fourth-order valence-corrected chi connectivity index (χ4v) is 3.02. The zero-order valence-electron chi connectivity index (χ0n) is 14.7. The third-order valence-corrected chi connectivity index (χ3v) is 4.44. The Morgan fingerprint density at radius 2 is 1.71 bits per heavy atom. The smallest absolute Gasteiger partial charge is 0.408 e. The zero-order valence-corrected chi connectivity index (χ0v) is 15.5. The molecule has 2 rings (SSSR count). The van der Waals surface area contributed by atoms with Gasteiger partial charge in [0.1, 0.15) is 5.60 Å². The summed E-state index contributed by atoms with van der Waals surface area (Å²) in [5.74, 6) is 0.950. The molecule has 0 heterocycles. The molecule has 0 aliphatic rings. The third kappa shape index (κ3) is 6.28. The fourth-order valence-electron chi connectivity index (χ4n) is 2.16. The molecule has 0 aliphatic carbocycles. The van der Waals surface area contributed by atoms with Crippen molar-refractivity contribution in [3.05, 3.63) is 65.7 Å². The molecule has 0 spiro atoms. The summed E-state index contributed by atoms with van der Waals surface area (Å²) in [5.41, 5.74) is 1.89. The summed E-state index contributed by atoms with van der Waals surface area (Å²) in [6, 6.07) is 18.6. The van der Waals surface area contributed by atoms with Crippen molar-refractivity contribution in [3.63, 3.8) is 0 Å². The van der Waals surface area contributed by atoms with E-state index in [1.54, 1.807) is 11.8 Å². The van der Waals surface area contributed by atoms with Crippen LogP contribution in [-0.4, -0.2) is 11.7 Å². The quantitative estimate of drug-likeness (QED) is 0.722. The molecule has 128 valence electrons. The molecule has 2 aromatic rings. The minimum absolute atomic E-state index is 0.0898. The Kier molecular flexibility index (Phi) is 6.32. The molecule has 1 N–H and O–H groups in total. The Balaban J connectivity index is 1.88. The van der Waals surface area contributed by atoms with Gasteiger partial charge in [-0.1, -0.05) is 42.5 Å². The third-order valence-electron chi connectivity index (χ3n) is 3.36. The molecule has 1 amide bonds. The topological polar surface area (TPSA) is 38.3 Å². The average molecular weight is 343 g/mol. The number of ether oxygens (including phenoxy) is 1. The molecule has 0 saturated heterocycles. The number of rotatable bonds is 5. The van der Waals surface area contributed by atoms with Crippen molar-refractivity contribution in [1.29, 1.82) is 0 Å². The number of thioether (sulfide) groups is 1. The van der Waals surface area contributed by atoms with Crippen molar-refractivity contribution in [2.45, 2.75) is 50.0 Å². The van der Waals surface area contributed by atoms with Crippen LogP contribution in [-0.2, 0) is 10.5 Å². The lowest BCUT2D eigenvalue weighted by Crippen LogP contribution is -2.34. The highest BCUT2D eigenvalue weighted by Gasteiger charge is 2.18. The van der Waals surface area contributed by atoms with Gasteiger partial charge in [0.25, 0.3) is 0 Å². The van der Waals surface area contributed by atoms with E-state index >= 15 is 0 Å². The number of carbonyl (C=O) groups is 1. The average Bonchev–Trinajstić information content (AvgIpc) is 2.52. The van der Waals surface area contributed by atoms with Gasteiger partial charge in [0.15, 0.2) is 0 Å². The van der Waals surface area contributed by atoms with E-state index in [1.807, 2.05) is 33.8 Å². The normalized spacial score (nSPS) is 12.5. The summed E-state index contributed by atoms with van der Waals surface area (Å²) < 4.78 is 5.29. The van der Waals surface area contributed by atoms with E-state index in [2.05, 4.69) is 53.8 Å². The maximum Gasteiger partial charge on any atom is 0.408 e. The van der Waals surface area contributed by atoms with Crippen LogP contribution in [0.4, 0.5) is 4.79 Å². The summed E-state index contributed by atoms with van der Waals surface area (Å²) in [7, 11) is 0. The Labute approximate surface area is 148 Å². The lowest BCUT2D eigenvalue weighted by atomic mass is 10.1. The molecule has 24 heavy (non-hydrogen) atoms. The summed E-state index contributed by atoms with van der Waals surface area (Å²) in [5, 5.41) is 2.86. The highest BCUT2D eigenvalue weighted by molar-refractivity contribution is 7.98. The first-order valence-electron chi connectivity index (χ1n) is 8.10. The Morgan fingerprint density at radius 1 is 1.08 bits per heavy atom. The molecule has 0 saturated carbocycles. The summed E-state index contributed by atoms with van der Waals surface area (Å²) in [4.78, 5) is 13.0. The van der Waals surface area contributed by atoms with Crippen molar-refractivity contribution in [2.75, 3.05) is 0 Å². The first-order valence-corrected chi connectivity index (χ1v) is 9.08. The van der Waals surface area contributed by atoms with Crippen LogP contribution in [0.5, 0.6) is 0 Å². The minimum Gasteiger partial charge on any atom is -0.444 e. The number of benzene rings is 2. The maximum absolute atomic E-state index is 11.8. The van der Waals surface area contributed by atoms with Crippen LogP contribution in [0, 0.1) is 0 Å². The second-order valence-electron chi connectivity index (χ2n) is 6.71. The van der Waals surface area contributed by atoms with Crippen LogP contribution in [0.1, 0.15) is 44.9 Å². The van der Waals surface area contributed by atoms with Gasteiger partial charge in [-0.3, -0.25) is 0 Å². The molecule has 2 aromatic carbocycles. The molecule has 1 atom stereocenters. The molecule has 3 nitrogen and oxygen atoms in total. The second-order valence-corrected chi connectivity index (χ2v) is 7.76. The van der Waals surface area contributed by atoms with Gasteiger partial charge in [0.05, 0.1) is 6.04 Å². The van der Waals surface area contributed by atoms with Crippen molar-refractivity contribution in [1.82, 2.24) is 5.32 Å². The molecule has 0 radical (unpaired) electrons. The van der Waals surface area contributed by atoms with Crippen LogP contribution in [0.15, 0.2) is 59.5 Å².